The number of carbonyl (C=O) groups is 1. The van der Waals surface area contributed by atoms with Crippen LogP contribution in [0.25, 0.3) is 11.0 Å². The maximum Gasteiger partial charge on any atom is 0.342 e. The molecule has 0 atom stereocenters. The van der Waals surface area contributed by atoms with Crippen LogP contribution in [0.4, 0.5) is 10.6 Å². The summed E-state index contributed by atoms with van der Waals surface area (Å²) in [5.74, 6) is 1.01. The van der Waals surface area contributed by atoms with Crippen molar-refractivity contribution < 1.29 is 9.53 Å². The predicted octanol–water partition coefficient (Wildman–Crippen LogP) is 3.25. The fraction of sp³-hybridized carbons (Fsp3) is 0.750. The number of hydrogen-bond donors (Lipinski definition) is 1. The number of amides is 1. The van der Waals surface area contributed by atoms with Gasteiger partial charge in [0, 0.05) is 50.7 Å². The Morgan fingerprint density at radius 3 is 2.30 bits per heavy atom. The summed E-state index contributed by atoms with van der Waals surface area (Å²) >= 11 is 0. The largest absolute Gasteiger partial charge is 0.380 e. The Morgan fingerprint density at radius 1 is 0.973 bits per heavy atom. The maximum atomic E-state index is 13.2. The number of piperidine rings is 2. The zero-order valence-corrected chi connectivity index (χ0v) is 22.5. The van der Waals surface area contributed by atoms with Gasteiger partial charge < -0.3 is 24.8 Å². The fourth-order valence-corrected chi connectivity index (χ4v) is 6.51. The lowest BCUT2D eigenvalue weighted by Gasteiger charge is -2.47. The molecule has 0 radical (unpaired) electrons. The minimum atomic E-state index is -0.136. The summed E-state index contributed by atoms with van der Waals surface area (Å²) in [6.45, 7) is 12.8. The average Bonchev–Trinajstić information content (AvgIpc) is 3.06. The molecule has 0 saturated carbocycles. The summed E-state index contributed by atoms with van der Waals surface area (Å²) in [7, 11) is 0. The Balaban J connectivity index is 0.992. The van der Waals surface area contributed by atoms with Crippen molar-refractivity contribution in [2.45, 2.75) is 64.3 Å². The van der Waals surface area contributed by atoms with Crippen molar-refractivity contribution in [3.63, 3.8) is 0 Å². The van der Waals surface area contributed by atoms with E-state index >= 15 is 0 Å². The zero-order chi connectivity index (χ0) is 25.2. The SMILES string of the molecule is Cc1nn(C(=O)NC2CCN(CCN3CCC4(CC3)COC4)CC2)c2ccc(N3CCCCCC3)nc12. The van der Waals surface area contributed by atoms with Crippen LogP contribution in [0.1, 0.15) is 57.1 Å². The van der Waals surface area contributed by atoms with Crippen LogP contribution in [0.5, 0.6) is 0 Å². The Hall–Kier alpha value is -2.23. The molecule has 0 bridgehead atoms. The Morgan fingerprint density at radius 2 is 1.65 bits per heavy atom. The second kappa shape index (κ2) is 10.9. The van der Waals surface area contributed by atoms with Gasteiger partial charge in [-0.25, -0.2) is 9.78 Å². The van der Waals surface area contributed by atoms with E-state index in [1.165, 1.54) is 56.3 Å². The van der Waals surface area contributed by atoms with Gasteiger partial charge >= 0.3 is 6.03 Å². The quantitative estimate of drug-likeness (QED) is 0.663. The van der Waals surface area contributed by atoms with Crippen molar-refractivity contribution in [2.24, 2.45) is 5.41 Å². The summed E-state index contributed by atoms with van der Waals surface area (Å²) in [5.41, 5.74) is 2.95. The molecule has 4 saturated heterocycles. The third-order valence-corrected chi connectivity index (χ3v) is 9.18. The van der Waals surface area contributed by atoms with E-state index < -0.39 is 0 Å². The number of anilines is 1. The van der Waals surface area contributed by atoms with Crippen LogP contribution < -0.4 is 10.2 Å². The maximum absolute atomic E-state index is 13.2. The molecule has 2 aromatic heterocycles. The van der Waals surface area contributed by atoms with E-state index in [1.807, 2.05) is 13.0 Å². The molecule has 202 valence electrons. The third kappa shape index (κ3) is 5.49. The molecule has 1 N–H and O–H groups in total. The molecule has 4 aliphatic rings. The highest BCUT2D eigenvalue weighted by Crippen LogP contribution is 2.38. The number of aromatic nitrogens is 3. The highest BCUT2D eigenvalue weighted by molar-refractivity contribution is 5.90. The standard InChI is InChI=1S/C28H43N7O2/c1-22-26-24(6-7-25(30-26)34-12-4-2-3-5-13-34)35(31-22)27(36)29-23-8-14-32(15-9-23)18-19-33-16-10-28(11-17-33)20-37-21-28/h6-7,23H,2-5,8-21H2,1H3,(H,29,36). The normalized spacial score (nSPS) is 23.8. The summed E-state index contributed by atoms with van der Waals surface area (Å²) < 4.78 is 6.98. The van der Waals surface area contributed by atoms with Crippen molar-refractivity contribution in [1.82, 2.24) is 29.9 Å². The van der Waals surface area contributed by atoms with E-state index in [0.717, 1.165) is 87.9 Å². The van der Waals surface area contributed by atoms with Crippen molar-refractivity contribution in [2.75, 3.05) is 70.5 Å². The molecule has 2 aromatic rings. The summed E-state index contributed by atoms with van der Waals surface area (Å²) in [4.78, 5) is 25.7. The highest BCUT2D eigenvalue weighted by Gasteiger charge is 2.41. The summed E-state index contributed by atoms with van der Waals surface area (Å²) in [6, 6.07) is 4.13. The van der Waals surface area contributed by atoms with E-state index in [1.54, 1.807) is 0 Å². The smallest absolute Gasteiger partial charge is 0.342 e. The number of nitrogens with one attached hydrogen (secondary N) is 1. The van der Waals surface area contributed by atoms with Gasteiger partial charge in [0.05, 0.1) is 24.4 Å². The lowest BCUT2D eigenvalue weighted by molar-refractivity contribution is -0.139. The van der Waals surface area contributed by atoms with Crippen LogP contribution in [0.15, 0.2) is 12.1 Å². The van der Waals surface area contributed by atoms with Crippen molar-refractivity contribution in [1.29, 1.82) is 0 Å². The van der Waals surface area contributed by atoms with Crippen molar-refractivity contribution in [3.8, 4) is 0 Å². The molecule has 0 aliphatic carbocycles. The molecule has 9 nitrogen and oxygen atoms in total. The van der Waals surface area contributed by atoms with Crippen LogP contribution in [0, 0.1) is 12.3 Å². The molecule has 1 amide bonds. The van der Waals surface area contributed by atoms with E-state index in [9.17, 15) is 4.79 Å². The van der Waals surface area contributed by atoms with Crippen molar-refractivity contribution >= 4 is 22.9 Å². The fourth-order valence-electron chi connectivity index (χ4n) is 6.51. The van der Waals surface area contributed by atoms with Crippen LogP contribution in [-0.4, -0.2) is 102 Å². The first-order valence-corrected chi connectivity index (χ1v) is 14.5. The number of nitrogens with zero attached hydrogens (tertiary/aromatic N) is 6. The Kier molecular flexibility index (Phi) is 7.36. The third-order valence-electron chi connectivity index (χ3n) is 9.18. The molecule has 6 heterocycles. The van der Waals surface area contributed by atoms with E-state index in [2.05, 4.69) is 31.2 Å². The predicted molar refractivity (Wildman–Crippen MR) is 145 cm³/mol. The molecule has 0 unspecified atom stereocenters. The topological polar surface area (TPSA) is 78.8 Å². The molecule has 9 heteroatoms. The van der Waals surface area contributed by atoms with Gasteiger partial charge in [-0.2, -0.15) is 9.78 Å². The van der Waals surface area contributed by atoms with Crippen LogP contribution in [0.3, 0.4) is 0 Å². The average molecular weight is 510 g/mol. The van der Waals surface area contributed by atoms with E-state index in [0.29, 0.717) is 5.41 Å². The Labute approximate surface area is 220 Å². The molecule has 37 heavy (non-hydrogen) atoms. The second-order valence-electron chi connectivity index (χ2n) is 11.8. The van der Waals surface area contributed by atoms with Gasteiger partial charge in [-0.15, -0.1) is 0 Å². The number of fused-ring (bicyclic) bond motifs is 1. The lowest BCUT2D eigenvalue weighted by Crippen LogP contribution is -2.52. The first kappa shape index (κ1) is 25.1. The minimum Gasteiger partial charge on any atom is -0.380 e. The van der Waals surface area contributed by atoms with Gasteiger partial charge in [-0.3, -0.25) is 0 Å². The van der Waals surface area contributed by atoms with E-state index in [4.69, 9.17) is 9.72 Å². The van der Waals surface area contributed by atoms with Crippen molar-refractivity contribution in [3.05, 3.63) is 17.8 Å². The number of aryl methyl sites for hydroxylation is 1. The summed E-state index contributed by atoms with van der Waals surface area (Å²) in [5, 5.41) is 7.83. The molecule has 6 rings (SSSR count). The van der Waals surface area contributed by atoms with Gasteiger partial charge in [0.2, 0.25) is 0 Å². The minimum absolute atomic E-state index is 0.136. The van der Waals surface area contributed by atoms with E-state index in [-0.39, 0.29) is 12.1 Å². The molecular weight excluding hydrogens is 466 g/mol. The van der Waals surface area contributed by atoms with Crippen LogP contribution in [0.2, 0.25) is 0 Å². The van der Waals surface area contributed by atoms with Gasteiger partial charge in [-0.1, -0.05) is 12.8 Å². The first-order chi connectivity index (χ1) is 18.1. The molecule has 0 aromatic carbocycles. The summed E-state index contributed by atoms with van der Waals surface area (Å²) in [6.07, 6.45) is 9.58. The van der Waals surface area contributed by atoms with Gasteiger partial charge in [0.25, 0.3) is 0 Å². The molecule has 4 aliphatic heterocycles. The number of ether oxygens (including phenoxy) is 1. The van der Waals surface area contributed by atoms with Crippen LogP contribution >= 0.6 is 0 Å². The number of rotatable bonds is 5. The first-order valence-electron chi connectivity index (χ1n) is 14.5. The van der Waals surface area contributed by atoms with Gasteiger partial charge in [0.1, 0.15) is 11.3 Å². The second-order valence-corrected chi connectivity index (χ2v) is 11.8. The monoisotopic (exact) mass is 509 g/mol. The molecule has 4 fully saturated rings. The number of likely N-dealkylation sites (tertiary alicyclic amines) is 2. The van der Waals surface area contributed by atoms with Gasteiger partial charge in [0.15, 0.2) is 0 Å². The number of hydrogen-bond acceptors (Lipinski definition) is 7. The number of carbonyl (C=O) groups excluding carboxylic acids is 1. The Bertz CT molecular complexity index is 1070. The number of pyridine rings is 1. The molecular formula is C28H43N7O2. The zero-order valence-electron chi connectivity index (χ0n) is 22.5. The lowest BCUT2D eigenvalue weighted by atomic mass is 9.77. The van der Waals surface area contributed by atoms with Crippen LogP contribution in [-0.2, 0) is 4.74 Å². The molecule has 1 spiro atoms. The highest BCUT2D eigenvalue weighted by atomic mass is 16.5. The van der Waals surface area contributed by atoms with Gasteiger partial charge in [-0.05, 0) is 70.7 Å².